The van der Waals surface area contributed by atoms with Crippen LogP contribution in [0.4, 0.5) is 0 Å². The first-order valence-corrected chi connectivity index (χ1v) is 10.4. The summed E-state index contributed by atoms with van der Waals surface area (Å²) < 4.78 is 11.4. The van der Waals surface area contributed by atoms with Gasteiger partial charge in [0, 0.05) is 32.7 Å². The lowest BCUT2D eigenvalue weighted by molar-refractivity contribution is -0.132. The molecule has 1 saturated heterocycles. The zero-order valence-electron chi connectivity index (χ0n) is 17.8. The standard InChI is InChI=1S/C24H32N2O3/c1-19(2)18-29-22-10-9-21(15-23(22)28-3)17-25-11-13-26(14-12-25)24(27)16-20-7-5-4-6-8-20/h4-10,15,19H,11-14,16-18H2,1-3H3. The van der Waals surface area contributed by atoms with Crippen molar-refractivity contribution >= 4 is 5.91 Å². The highest BCUT2D eigenvalue weighted by Crippen LogP contribution is 2.29. The van der Waals surface area contributed by atoms with Crippen molar-refractivity contribution in [2.75, 3.05) is 39.9 Å². The number of carbonyl (C=O) groups excluding carboxylic acids is 1. The van der Waals surface area contributed by atoms with Crippen LogP contribution in [0.15, 0.2) is 48.5 Å². The van der Waals surface area contributed by atoms with E-state index in [9.17, 15) is 4.79 Å². The van der Waals surface area contributed by atoms with E-state index in [4.69, 9.17) is 9.47 Å². The molecule has 0 unspecified atom stereocenters. The number of nitrogens with zero attached hydrogens (tertiary/aromatic N) is 2. The number of rotatable bonds is 8. The van der Waals surface area contributed by atoms with E-state index >= 15 is 0 Å². The van der Waals surface area contributed by atoms with Crippen molar-refractivity contribution in [1.29, 1.82) is 0 Å². The molecule has 1 amide bonds. The first kappa shape index (κ1) is 21.2. The summed E-state index contributed by atoms with van der Waals surface area (Å²) >= 11 is 0. The maximum absolute atomic E-state index is 12.5. The number of hydrogen-bond acceptors (Lipinski definition) is 4. The molecule has 0 N–H and O–H groups in total. The van der Waals surface area contributed by atoms with Gasteiger partial charge in [0.1, 0.15) is 0 Å². The molecular formula is C24H32N2O3. The summed E-state index contributed by atoms with van der Waals surface area (Å²) in [5, 5.41) is 0. The third-order valence-corrected chi connectivity index (χ3v) is 5.13. The fourth-order valence-electron chi connectivity index (χ4n) is 3.48. The van der Waals surface area contributed by atoms with Gasteiger partial charge in [-0.15, -0.1) is 0 Å². The monoisotopic (exact) mass is 396 g/mol. The molecule has 2 aromatic carbocycles. The minimum absolute atomic E-state index is 0.212. The van der Waals surface area contributed by atoms with E-state index in [0.717, 1.165) is 49.8 Å². The van der Waals surface area contributed by atoms with Crippen LogP contribution in [0.3, 0.4) is 0 Å². The molecule has 0 atom stereocenters. The van der Waals surface area contributed by atoms with E-state index in [2.05, 4.69) is 30.9 Å². The van der Waals surface area contributed by atoms with E-state index in [1.807, 2.05) is 41.3 Å². The van der Waals surface area contributed by atoms with E-state index in [1.165, 1.54) is 5.56 Å². The van der Waals surface area contributed by atoms with Crippen molar-refractivity contribution in [2.24, 2.45) is 5.92 Å². The number of ether oxygens (including phenoxy) is 2. The van der Waals surface area contributed by atoms with Crippen LogP contribution in [-0.4, -0.2) is 55.6 Å². The van der Waals surface area contributed by atoms with Crippen LogP contribution in [0.2, 0.25) is 0 Å². The van der Waals surface area contributed by atoms with Crippen LogP contribution in [0, 0.1) is 5.92 Å². The molecule has 1 aliphatic heterocycles. The van der Waals surface area contributed by atoms with Crippen molar-refractivity contribution in [3.63, 3.8) is 0 Å². The van der Waals surface area contributed by atoms with Crippen LogP contribution < -0.4 is 9.47 Å². The van der Waals surface area contributed by atoms with Crippen molar-refractivity contribution in [2.45, 2.75) is 26.8 Å². The first-order valence-electron chi connectivity index (χ1n) is 10.4. The average Bonchev–Trinajstić information content (AvgIpc) is 2.73. The Balaban J connectivity index is 1.50. The summed E-state index contributed by atoms with van der Waals surface area (Å²) in [6.07, 6.45) is 0.482. The molecule has 0 spiro atoms. The molecule has 1 fully saturated rings. The van der Waals surface area contributed by atoms with E-state index < -0.39 is 0 Å². The van der Waals surface area contributed by atoms with Gasteiger partial charge in [0.2, 0.25) is 5.91 Å². The molecule has 156 valence electrons. The smallest absolute Gasteiger partial charge is 0.227 e. The molecule has 29 heavy (non-hydrogen) atoms. The molecule has 0 radical (unpaired) electrons. The Morgan fingerprint density at radius 2 is 1.69 bits per heavy atom. The molecule has 0 bridgehead atoms. The maximum Gasteiger partial charge on any atom is 0.227 e. The number of piperazine rings is 1. The molecule has 2 aromatic rings. The minimum atomic E-state index is 0.212. The predicted molar refractivity (Wildman–Crippen MR) is 115 cm³/mol. The van der Waals surface area contributed by atoms with Crippen molar-refractivity contribution in [3.8, 4) is 11.5 Å². The highest BCUT2D eigenvalue weighted by Gasteiger charge is 2.21. The molecule has 1 heterocycles. The summed E-state index contributed by atoms with van der Waals surface area (Å²) in [6.45, 7) is 9.10. The lowest BCUT2D eigenvalue weighted by Crippen LogP contribution is -2.48. The molecule has 5 nitrogen and oxygen atoms in total. The fourth-order valence-corrected chi connectivity index (χ4v) is 3.48. The maximum atomic E-state index is 12.5. The molecular weight excluding hydrogens is 364 g/mol. The molecule has 0 aliphatic carbocycles. The summed E-state index contributed by atoms with van der Waals surface area (Å²) in [7, 11) is 1.68. The second-order valence-corrected chi connectivity index (χ2v) is 8.01. The van der Waals surface area contributed by atoms with Crippen LogP contribution in [0.1, 0.15) is 25.0 Å². The zero-order chi connectivity index (χ0) is 20.6. The summed E-state index contributed by atoms with van der Waals surface area (Å²) in [6, 6.07) is 16.1. The first-order chi connectivity index (χ1) is 14.0. The van der Waals surface area contributed by atoms with Crippen molar-refractivity contribution in [1.82, 2.24) is 9.80 Å². The molecule has 5 heteroatoms. The van der Waals surface area contributed by atoms with Gasteiger partial charge < -0.3 is 14.4 Å². The highest BCUT2D eigenvalue weighted by atomic mass is 16.5. The van der Waals surface area contributed by atoms with E-state index in [0.29, 0.717) is 18.9 Å². The van der Waals surface area contributed by atoms with E-state index in [1.54, 1.807) is 7.11 Å². The quantitative estimate of drug-likeness (QED) is 0.684. The van der Waals surface area contributed by atoms with Gasteiger partial charge in [-0.25, -0.2) is 0 Å². The Labute approximate surface area is 174 Å². The third kappa shape index (κ3) is 6.23. The Bertz CT molecular complexity index is 784. The second-order valence-electron chi connectivity index (χ2n) is 8.01. The van der Waals surface area contributed by atoms with Gasteiger partial charge >= 0.3 is 0 Å². The summed E-state index contributed by atoms with van der Waals surface area (Å²) in [5.41, 5.74) is 2.27. The summed E-state index contributed by atoms with van der Waals surface area (Å²) in [4.78, 5) is 16.9. The van der Waals surface area contributed by atoms with Crippen LogP contribution >= 0.6 is 0 Å². The average molecular weight is 397 g/mol. The number of amides is 1. The number of methoxy groups -OCH3 is 1. The normalized spacial score (nSPS) is 14.8. The van der Waals surface area contributed by atoms with Gasteiger partial charge in [-0.3, -0.25) is 9.69 Å². The Morgan fingerprint density at radius 1 is 0.966 bits per heavy atom. The van der Waals surface area contributed by atoms with Gasteiger partial charge in [-0.1, -0.05) is 50.2 Å². The lowest BCUT2D eigenvalue weighted by Gasteiger charge is -2.35. The fraction of sp³-hybridized carbons (Fsp3) is 0.458. The predicted octanol–water partition coefficient (Wildman–Crippen LogP) is 3.62. The lowest BCUT2D eigenvalue weighted by atomic mass is 10.1. The largest absolute Gasteiger partial charge is 0.493 e. The van der Waals surface area contributed by atoms with Crippen LogP contribution in [0.5, 0.6) is 11.5 Å². The third-order valence-electron chi connectivity index (χ3n) is 5.13. The summed E-state index contributed by atoms with van der Waals surface area (Å²) in [5.74, 6) is 2.26. The topological polar surface area (TPSA) is 42.0 Å². The SMILES string of the molecule is COc1cc(CN2CCN(C(=O)Cc3ccccc3)CC2)ccc1OCC(C)C. The highest BCUT2D eigenvalue weighted by molar-refractivity contribution is 5.78. The van der Waals surface area contributed by atoms with Gasteiger partial charge in [0.15, 0.2) is 11.5 Å². The Kier molecular flexibility index (Phi) is 7.53. The van der Waals surface area contributed by atoms with Crippen LogP contribution in [-0.2, 0) is 17.8 Å². The van der Waals surface area contributed by atoms with Gasteiger partial charge in [0.05, 0.1) is 20.1 Å². The molecule has 3 rings (SSSR count). The molecule has 0 saturated carbocycles. The van der Waals surface area contributed by atoms with Gasteiger partial charge in [-0.2, -0.15) is 0 Å². The number of hydrogen-bond donors (Lipinski definition) is 0. The van der Waals surface area contributed by atoms with E-state index in [-0.39, 0.29) is 5.91 Å². The minimum Gasteiger partial charge on any atom is -0.493 e. The molecule has 0 aromatic heterocycles. The Hall–Kier alpha value is -2.53. The van der Waals surface area contributed by atoms with Crippen LogP contribution in [0.25, 0.3) is 0 Å². The number of benzene rings is 2. The van der Waals surface area contributed by atoms with Crippen molar-refractivity contribution in [3.05, 3.63) is 59.7 Å². The van der Waals surface area contributed by atoms with Gasteiger partial charge in [0.25, 0.3) is 0 Å². The Morgan fingerprint density at radius 3 is 2.34 bits per heavy atom. The van der Waals surface area contributed by atoms with Gasteiger partial charge in [-0.05, 0) is 29.2 Å². The number of carbonyl (C=O) groups is 1. The van der Waals surface area contributed by atoms with Crippen molar-refractivity contribution < 1.29 is 14.3 Å². The second kappa shape index (κ2) is 10.3. The molecule has 1 aliphatic rings. The zero-order valence-corrected chi connectivity index (χ0v) is 17.8.